The lowest BCUT2D eigenvalue weighted by Gasteiger charge is -2.28. The van der Waals surface area contributed by atoms with E-state index in [2.05, 4.69) is 19.6 Å². The molecule has 1 amide bonds. The van der Waals surface area contributed by atoms with Crippen molar-refractivity contribution in [1.29, 1.82) is 0 Å². The number of amides is 1. The third-order valence-corrected chi connectivity index (χ3v) is 5.80. The normalized spacial score (nSPS) is 24.6. The van der Waals surface area contributed by atoms with Crippen LogP contribution in [0.2, 0.25) is 25.7 Å². The van der Waals surface area contributed by atoms with E-state index in [1.807, 2.05) is 0 Å². The van der Waals surface area contributed by atoms with Crippen LogP contribution in [0.4, 0.5) is 4.79 Å². The summed E-state index contributed by atoms with van der Waals surface area (Å²) in [6.07, 6.45) is 2.76. The highest BCUT2D eigenvalue weighted by Gasteiger charge is 2.59. The second-order valence-corrected chi connectivity index (χ2v) is 12.5. The zero-order valence-corrected chi connectivity index (χ0v) is 12.9. The van der Waals surface area contributed by atoms with Crippen molar-refractivity contribution >= 4 is 20.1 Å². The van der Waals surface area contributed by atoms with Crippen molar-refractivity contribution in [3.05, 3.63) is 0 Å². The molecule has 1 N–H and O–H groups in total. The molecule has 1 aliphatic carbocycles. The molecule has 1 heterocycles. The quantitative estimate of drug-likeness (QED) is 0.806. The largest absolute Gasteiger partial charge is 0.480 e. The molecule has 5 nitrogen and oxygen atoms in total. The average Bonchev–Trinajstić information content (AvgIpc) is 2.89. The van der Waals surface area contributed by atoms with Gasteiger partial charge in [0.25, 0.3) is 0 Å². The van der Waals surface area contributed by atoms with Gasteiger partial charge < -0.3 is 9.84 Å². The number of carboxylic acid groups (broad SMARTS) is 1. The second-order valence-electron chi connectivity index (χ2n) is 6.91. The predicted molar refractivity (Wildman–Crippen MR) is 74.0 cm³/mol. The van der Waals surface area contributed by atoms with Crippen LogP contribution in [0.25, 0.3) is 0 Å². The first kappa shape index (κ1) is 14.4. The molecule has 0 bridgehead atoms. The fourth-order valence-corrected chi connectivity index (χ4v) is 3.40. The minimum absolute atomic E-state index is 0.195. The summed E-state index contributed by atoms with van der Waals surface area (Å²) in [6.45, 7) is 7.07. The first-order valence-electron chi connectivity index (χ1n) is 6.94. The Morgan fingerprint density at radius 3 is 2.42 bits per heavy atom. The van der Waals surface area contributed by atoms with Crippen molar-refractivity contribution in [3.8, 4) is 0 Å². The Labute approximate surface area is 114 Å². The third-order valence-electron chi connectivity index (χ3n) is 4.09. The van der Waals surface area contributed by atoms with Crippen LogP contribution in [-0.2, 0) is 9.53 Å². The number of hydrogen-bond donors (Lipinski definition) is 1. The molecule has 1 aliphatic heterocycles. The molecule has 2 aliphatic rings. The maximum atomic E-state index is 12.2. The fraction of sp³-hybridized carbons (Fsp3) is 0.846. The maximum absolute atomic E-state index is 12.2. The van der Waals surface area contributed by atoms with E-state index in [0.717, 1.165) is 25.3 Å². The minimum atomic E-state index is -1.23. The number of hydrogen-bond acceptors (Lipinski definition) is 3. The Morgan fingerprint density at radius 1 is 1.32 bits per heavy atom. The molecular formula is C13H23NO4Si. The van der Waals surface area contributed by atoms with Crippen molar-refractivity contribution in [1.82, 2.24) is 4.90 Å². The van der Waals surface area contributed by atoms with Crippen LogP contribution in [0.3, 0.4) is 0 Å². The highest BCUT2D eigenvalue weighted by molar-refractivity contribution is 6.76. The van der Waals surface area contributed by atoms with Gasteiger partial charge in [0, 0.05) is 13.6 Å². The van der Waals surface area contributed by atoms with Crippen molar-refractivity contribution < 1.29 is 19.4 Å². The van der Waals surface area contributed by atoms with Crippen molar-refractivity contribution in [2.45, 2.75) is 62.9 Å². The van der Waals surface area contributed by atoms with Gasteiger partial charge in [-0.05, 0) is 31.7 Å². The van der Waals surface area contributed by atoms with E-state index in [4.69, 9.17) is 4.74 Å². The molecule has 0 aromatic rings. The van der Waals surface area contributed by atoms with Crippen molar-refractivity contribution in [2.75, 3.05) is 6.61 Å². The van der Waals surface area contributed by atoms with Gasteiger partial charge in [-0.1, -0.05) is 19.6 Å². The number of rotatable bonds is 4. The van der Waals surface area contributed by atoms with Crippen LogP contribution in [0, 0.1) is 0 Å². The number of carbonyl (C=O) groups is 2. The van der Waals surface area contributed by atoms with Gasteiger partial charge in [-0.3, -0.25) is 4.90 Å². The lowest BCUT2D eigenvalue weighted by Crippen LogP contribution is -2.46. The van der Waals surface area contributed by atoms with E-state index in [0.29, 0.717) is 13.0 Å². The molecule has 1 saturated carbocycles. The topological polar surface area (TPSA) is 66.8 Å². The fourth-order valence-electron chi connectivity index (χ4n) is 2.69. The summed E-state index contributed by atoms with van der Waals surface area (Å²) in [4.78, 5) is 24.9. The second kappa shape index (κ2) is 4.81. The lowest BCUT2D eigenvalue weighted by molar-refractivity contribution is -0.142. The SMILES string of the molecule is C[Si](C)(C)CCOC(=O)N1C(C(=O)O)CCC12CC2. The first-order chi connectivity index (χ1) is 8.75. The van der Waals surface area contributed by atoms with Crippen molar-refractivity contribution in [3.63, 3.8) is 0 Å². The summed E-state index contributed by atoms with van der Waals surface area (Å²) in [6, 6.07) is 0.221. The summed E-state index contributed by atoms with van der Waals surface area (Å²) in [7, 11) is -1.23. The van der Waals surface area contributed by atoms with E-state index >= 15 is 0 Å². The smallest absolute Gasteiger partial charge is 0.410 e. The van der Waals surface area contributed by atoms with Crippen LogP contribution in [0.15, 0.2) is 0 Å². The van der Waals surface area contributed by atoms with Gasteiger partial charge in [-0.15, -0.1) is 0 Å². The standard InChI is InChI=1S/C13H23NO4Si/c1-19(2,3)9-8-18-12(17)14-10(11(15)16)4-5-13(14)6-7-13/h10H,4-9H2,1-3H3,(H,15,16). The van der Waals surface area contributed by atoms with Gasteiger partial charge >= 0.3 is 12.1 Å². The molecule has 1 unspecified atom stereocenters. The molecule has 1 atom stereocenters. The molecule has 2 fully saturated rings. The summed E-state index contributed by atoms with van der Waals surface area (Å²) in [5.41, 5.74) is -0.195. The maximum Gasteiger partial charge on any atom is 0.410 e. The van der Waals surface area contributed by atoms with Gasteiger partial charge in [0.15, 0.2) is 0 Å². The Balaban J connectivity index is 1.94. The van der Waals surface area contributed by atoms with E-state index in [1.54, 1.807) is 0 Å². The molecule has 0 aromatic carbocycles. The molecule has 6 heteroatoms. The van der Waals surface area contributed by atoms with Gasteiger partial charge in [-0.2, -0.15) is 0 Å². The lowest BCUT2D eigenvalue weighted by atomic mass is 10.2. The Kier molecular flexibility index (Phi) is 3.64. The Morgan fingerprint density at radius 2 is 1.95 bits per heavy atom. The highest BCUT2D eigenvalue weighted by Crippen LogP contribution is 2.52. The predicted octanol–water partition coefficient (Wildman–Crippen LogP) is 2.54. The molecule has 108 valence electrons. The van der Waals surface area contributed by atoms with Gasteiger partial charge in [0.05, 0.1) is 6.61 Å². The summed E-state index contributed by atoms with van der Waals surface area (Å²) < 4.78 is 5.32. The van der Waals surface area contributed by atoms with Crippen LogP contribution in [-0.4, -0.2) is 48.3 Å². The average molecular weight is 285 g/mol. The summed E-state index contributed by atoms with van der Waals surface area (Å²) in [5.74, 6) is -0.911. The molecule has 19 heavy (non-hydrogen) atoms. The zero-order chi connectivity index (χ0) is 14.3. The van der Waals surface area contributed by atoms with Crippen LogP contribution in [0.1, 0.15) is 25.7 Å². The third kappa shape index (κ3) is 3.10. The van der Waals surface area contributed by atoms with E-state index in [-0.39, 0.29) is 5.54 Å². The van der Waals surface area contributed by atoms with Gasteiger partial charge in [0.2, 0.25) is 0 Å². The summed E-state index contributed by atoms with van der Waals surface area (Å²) >= 11 is 0. The number of nitrogens with zero attached hydrogens (tertiary/aromatic N) is 1. The van der Waals surface area contributed by atoms with Crippen LogP contribution >= 0.6 is 0 Å². The van der Waals surface area contributed by atoms with Crippen molar-refractivity contribution in [2.24, 2.45) is 0 Å². The minimum Gasteiger partial charge on any atom is -0.480 e. The van der Waals surface area contributed by atoms with E-state index in [9.17, 15) is 14.7 Å². The van der Waals surface area contributed by atoms with Crippen LogP contribution in [0.5, 0.6) is 0 Å². The number of ether oxygens (including phenoxy) is 1. The van der Waals surface area contributed by atoms with Crippen LogP contribution < -0.4 is 0 Å². The van der Waals surface area contributed by atoms with E-state index < -0.39 is 26.2 Å². The molecular weight excluding hydrogens is 262 g/mol. The highest BCUT2D eigenvalue weighted by atomic mass is 28.3. The number of carboxylic acids is 1. The monoisotopic (exact) mass is 285 g/mol. The van der Waals surface area contributed by atoms with Gasteiger partial charge in [0.1, 0.15) is 6.04 Å². The number of aliphatic carboxylic acids is 1. The Hall–Kier alpha value is -1.04. The first-order valence-corrected chi connectivity index (χ1v) is 10.6. The van der Waals surface area contributed by atoms with E-state index in [1.165, 1.54) is 4.90 Å². The number of likely N-dealkylation sites (tertiary alicyclic amines) is 1. The zero-order valence-electron chi connectivity index (χ0n) is 11.9. The molecule has 1 saturated heterocycles. The molecule has 0 radical (unpaired) electrons. The molecule has 0 aromatic heterocycles. The Bertz CT molecular complexity index is 387. The number of carbonyl (C=O) groups excluding carboxylic acids is 1. The van der Waals surface area contributed by atoms with Gasteiger partial charge in [-0.25, -0.2) is 9.59 Å². The molecule has 1 spiro atoms. The summed E-state index contributed by atoms with van der Waals surface area (Å²) in [5, 5.41) is 9.20. The molecule has 2 rings (SSSR count).